The Morgan fingerprint density at radius 3 is 2.71 bits per heavy atom. The highest BCUT2D eigenvalue weighted by atomic mass is 16.6. The largest absolute Gasteiger partial charge is 0.486 e. The molecule has 0 bridgehead atoms. The van der Waals surface area contributed by atoms with E-state index in [1.807, 2.05) is 34.9 Å². The predicted molar refractivity (Wildman–Crippen MR) is 81.2 cm³/mol. The van der Waals surface area contributed by atoms with E-state index in [4.69, 9.17) is 15.2 Å². The van der Waals surface area contributed by atoms with Gasteiger partial charge >= 0.3 is 0 Å². The fraction of sp³-hybridized carbons (Fsp3) is 0.188. The lowest BCUT2D eigenvalue weighted by atomic mass is 10.2. The lowest BCUT2D eigenvalue weighted by Crippen LogP contribution is -2.15. The van der Waals surface area contributed by atoms with Crippen molar-refractivity contribution in [2.45, 2.75) is 6.92 Å². The molecule has 5 nitrogen and oxygen atoms in total. The molecule has 2 heterocycles. The van der Waals surface area contributed by atoms with Crippen molar-refractivity contribution in [3.8, 4) is 17.2 Å². The second-order valence-electron chi connectivity index (χ2n) is 5.13. The number of nitrogen functional groups attached to an aromatic ring is 1. The fourth-order valence-corrected chi connectivity index (χ4v) is 2.65. The average molecular weight is 281 g/mol. The minimum atomic E-state index is 0.465. The van der Waals surface area contributed by atoms with Gasteiger partial charge < -0.3 is 15.2 Å². The number of hydrogen-bond acceptors (Lipinski definition) is 4. The van der Waals surface area contributed by atoms with Crippen molar-refractivity contribution < 1.29 is 9.47 Å². The molecule has 0 saturated heterocycles. The number of nitrogens with zero attached hydrogens (tertiary/aromatic N) is 2. The Morgan fingerprint density at radius 1 is 1.05 bits per heavy atom. The normalized spacial score (nSPS) is 13.6. The quantitative estimate of drug-likeness (QED) is 0.745. The van der Waals surface area contributed by atoms with Crippen LogP contribution in [0.3, 0.4) is 0 Å². The maximum atomic E-state index is 6.09. The van der Waals surface area contributed by atoms with Crippen LogP contribution in [0.25, 0.3) is 16.7 Å². The first-order valence-corrected chi connectivity index (χ1v) is 6.87. The first-order chi connectivity index (χ1) is 10.2. The van der Waals surface area contributed by atoms with Gasteiger partial charge in [-0.2, -0.15) is 0 Å². The predicted octanol–water partition coefficient (Wildman–Crippen LogP) is 2.69. The van der Waals surface area contributed by atoms with E-state index in [-0.39, 0.29) is 0 Å². The highest BCUT2D eigenvalue weighted by Gasteiger charge is 2.15. The maximum absolute atomic E-state index is 6.09. The van der Waals surface area contributed by atoms with Crippen LogP contribution < -0.4 is 15.2 Å². The topological polar surface area (TPSA) is 62.3 Å². The number of imidazole rings is 1. The summed E-state index contributed by atoms with van der Waals surface area (Å²) in [5.74, 6) is 1.98. The summed E-state index contributed by atoms with van der Waals surface area (Å²) in [6, 6.07) is 11.9. The summed E-state index contributed by atoms with van der Waals surface area (Å²) in [4.78, 5) is 4.41. The Morgan fingerprint density at radius 2 is 1.86 bits per heavy atom. The molecule has 1 aliphatic rings. The molecule has 106 valence electrons. The molecule has 0 saturated carbocycles. The lowest BCUT2D eigenvalue weighted by molar-refractivity contribution is 0.171. The van der Waals surface area contributed by atoms with Gasteiger partial charge in [-0.25, -0.2) is 4.98 Å². The van der Waals surface area contributed by atoms with E-state index in [9.17, 15) is 0 Å². The van der Waals surface area contributed by atoms with Crippen molar-refractivity contribution in [2.24, 2.45) is 0 Å². The molecule has 0 aliphatic carbocycles. The van der Waals surface area contributed by atoms with Gasteiger partial charge in [0.2, 0.25) is 5.95 Å². The number of ether oxygens (including phenoxy) is 2. The van der Waals surface area contributed by atoms with Crippen molar-refractivity contribution in [1.82, 2.24) is 9.55 Å². The molecule has 0 radical (unpaired) electrons. The van der Waals surface area contributed by atoms with E-state index < -0.39 is 0 Å². The third-order valence-electron chi connectivity index (χ3n) is 3.62. The van der Waals surface area contributed by atoms with E-state index in [2.05, 4.69) is 18.0 Å². The van der Waals surface area contributed by atoms with Gasteiger partial charge in [0.15, 0.2) is 11.5 Å². The van der Waals surface area contributed by atoms with Gasteiger partial charge in [-0.15, -0.1) is 0 Å². The standard InChI is InChI=1S/C16H15N3O2/c1-10-2-4-12-13(8-10)19(16(17)18-12)11-3-5-14-15(9-11)21-7-6-20-14/h2-5,8-9H,6-7H2,1H3,(H2,17,18). The van der Waals surface area contributed by atoms with Crippen LogP contribution in [-0.4, -0.2) is 22.8 Å². The molecule has 1 aliphatic heterocycles. The second kappa shape index (κ2) is 4.41. The molecule has 21 heavy (non-hydrogen) atoms. The van der Waals surface area contributed by atoms with Crippen molar-refractivity contribution in [1.29, 1.82) is 0 Å². The monoisotopic (exact) mass is 281 g/mol. The summed E-state index contributed by atoms with van der Waals surface area (Å²) in [6.45, 7) is 3.20. The van der Waals surface area contributed by atoms with Gasteiger partial charge in [0.1, 0.15) is 13.2 Å². The van der Waals surface area contributed by atoms with Crippen LogP contribution in [0.4, 0.5) is 5.95 Å². The van der Waals surface area contributed by atoms with E-state index >= 15 is 0 Å². The van der Waals surface area contributed by atoms with Crippen LogP contribution in [-0.2, 0) is 0 Å². The summed E-state index contributed by atoms with van der Waals surface area (Å²) >= 11 is 0. The molecule has 2 aromatic carbocycles. The molecule has 0 amide bonds. The smallest absolute Gasteiger partial charge is 0.205 e. The first-order valence-electron chi connectivity index (χ1n) is 6.87. The average Bonchev–Trinajstić information content (AvgIpc) is 2.82. The van der Waals surface area contributed by atoms with Gasteiger partial charge in [0.25, 0.3) is 0 Å². The summed E-state index contributed by atoms with van der Waals surface area (Å²) in [5.41, 5.74) is 10.1. The van der Waals surface area contributed by atoms with Crippen molar-refractivity contribution in [2.75, 3.05) is 18.9 Å². The van der Waals surface area contributed by atoms with Crippen LogP contribution in [0, 0.1) is 6.92 Å². The molecule has 0 unspecified atom stereocenters. The zero-order chi connectivity index (χ0) is 14.4. The molecule has 5 heteroatoms. The Kier molecular flexibility index (Phi) is 2.54. The number of nitrogens with two attached hydrogens (primary N) is 1. The second-order valence-corrected chi connectivity index (χ2v) is 5.13. The third-order valence-corrected chi connectivity index (χ3v) is 3.62. The highest BCUT2D eigenvalue weighted by Crippen LogP contribution is 2.34. The first kappa shape index (κ1) is 12.1. The third kappa shape index (κ3) is 1.89. The van der Waals surface area contributed by atoms with Crippen molar-refractivity contribution >= 4 is 17.0 Å². The number of fused-ring (bicyclic) bond motifs is 2. The summed E-state index contributed by atoms with van der Waals surface area (Å²) in [7, 11) is 0. The Balaban J connectivity index is 1.93. The Bertz CT molecular complexity index is 839. The van der Waals surface area contributed by atoms with E-state index in [0.717, 1.165) is 28.2 Å². The molecule has 0 fully saturated rings. The van der Waals surface area contributed by atoms with E-state index in [1.54, 1.807) is 0 Å². The Hall–Kier alpha value is -2.69. The van der Waals surface area contributed by atoms with E-state index in [0.29, 0.717) is 19.2 Å². The van der Waals surface area contributed by atoms with Crippen molar-refractivity contribution in [3.63, 3.8) is 0 Å². The number of aromatic nitrogens is 2. The van der Waals surface area contributed by atoms with Crippen LogP contribution in [0.2, 0.25) is 0 Å². The van der Waals surface area contributed by atoms with Crippen LogP contribution in [0.5, 0.6) is 11.5 Å². The summed E-state index contributed by atoms with van der Waals surface area (Å²) in [6.07, 6.45) is 0. The fourth-order valence-electron chi connectivity index (χ4n) is 2.65. The highest BCUT2D eigenvalue weighted by molar-refractivity contribution is 5.81. The van der Waals surface area contributed by atoms with Gasteiger partial charge in [0, 0.05) is 6.07 Å². The molecule has 4 rings (SSSR count). The zero-order valence-electron chi connectivity index (χ0n) is 11.7. The SMILES string of the molecule is Cc1ccc2nc(N)n(-c3ccc4c(c3)OCCO4)c2c1. The molecule has 1 aromatic heterocycles. The summed E-state index contributed by atoms with van der Waals surface area (Å²) < 4.78 is 13.1. The minimum absolute atomic E-state index is 0.465. The molecule has 3 aromatic rings. The van der Waals surface area contributed by atoms with Crippen molar-refractivity contribution in [3.05, 3.63) is 42.0 Å². The molecule has 2 N–H and O–H groups in total. The lowest BCUT2D eigenvalue weighted by Gasteiger charge is -2.19. The number of hydrogen-bond donors (Lipinski definition) is 1. The van der Waals surface area contributed by atoms with Gasteiger partial charge in [-0.05, 0) is 36.8 Å². The Labute approximate surface area is 121 Å². The minimum Gasteiger partial charge on any atom is -0.486 e. The molecule has 0 atom stereocenters. The van der Waals surface area contributed by atoms with Crippen LogP contribution in [0.1, 0.15) is 5.56 Å². The number of aryl methyl sites for hydroxylation is 1. The maximum Gasteiger partial charge on any atom is 0.205 e. The summed E-state index contributed by atoms with van der Waals surface area (Å²) in [5, 5.41) is 0. The number of anilines is 1. The van der Waals surface area contributed by atoms with Crippen LogP contribution in [0.15, 0.2) is 36.4 Å². The number of benzene rings is 2. The van der Waals surface area contributed by atoms with Crippen LogP contribution >= 0.6 is 0 Å². The van der Waals surface area contributed by atoms with Gasteiger partial charge in [-0.1, -0.05) is 6.07 Å². The molecular weight excluding hydrogens is 266 g/mol. The zero-order valence-corrected chi connectivity index (χ0v) is 11.7. The van der Waals surface area contributed by atoms with Gasteiger partial charge in [0.05, 0.1) is 16.7 Å². The molecular formula is C16H15N3O2. The van der Waals surface area contributed by atoms with E-state index in [1.165, 1.54) is 5.56 Å². The van der Waals surface area contributed by atoms with Gasteiger partial charge in [-0.3, -0.25) is 4.57 Å². The number of rotatable bonds is 1. The molecule has 0 spiro atoms.